The first-order chi connectivity index (χ1) is 8.74. The first-order valence-corrected chi connectivity index (χ1v) is 6.47. The molecule has 3 rings (SSSR count). The minimum atomic E-state index is -0.409. The fourth-order valence-electron chi connectivity index (χ4n) is 3.34. The topological polar surface area (TPSA) is 41.1 Å². The van der Waals surface area contributed by atoms with E-state index in [2.05, 4.69) is 10.6 Å². The second-order valence-corrected chi connectivity index (χ2v) is 5.19. The maximum Gasteiger partial charge on any atom is 0.227 e. The van der Waals surface area contributed by atoms with Crippen molar-refractivity contribution < 1.29 is 9.18 Å². The Balaban J connectivity index is 0.00000133. The molecule has 3 nitrogen and oxygen atoms in total. The van der Waals surface area contributed by atoms with Crippen molar-refractivity contribution in [2.75, 3.05) is 19.6 Å². The molecule has 1 unspecified atom stereocenters. The van der Waals surface area contributed by atoms with E-state index in [0.29, 0.717) is 12.1 Å². The third kappa shape index (κ3) is 2.23. The van der Waals surface area contributed by atoms with Crippen LogP contribution in [-0.4, -0.2) is 25.5 Å². The summed E-state index contributed by atoms with van der Waals surface area (Å²) in [5.41, 5.74) is 0.269. The number of benzene rings is 1. The molecule has 19 heavy (non-hydrogen) atoms. The van der Waals surface area contributed by atoms with Gasteiger partial charge < -0.3 is 10.6 Å². The predicted octanol–water partition coefficient (Wildman–Crippen LogP) is 1.83. The van der Waals surface area contributed by atoms with Gasteiger partial charge in [-0.25, -0.2) is 4.39 Å². The highest BCUT2D eigenvalue weighted by Crippen LogP contribution is 2.46. The monoisotopic (exact) mass is 284 g/mol. The van der Waals surface area contributed by atoms with Gasteiger partial charge in [-0.05, 0) is 37.6 Å². The molecule has 0 aliphatic carbocycles. The summed E-state index contributed by atoms with van der Waals surface area (Å²) in [7, 11) is 0. The van der Waals surface area contributed by atoms with Crippen LogP contribution in [0.4, 0.5) is 4.39 Å². The SMILES string of the molecule is Cl.O=C1NCC(c2ccccc2F)C12CCNCC2. The number of rotatable bonds is 1. The van der Waals surface area contributed by atoms with Gasteiger partial charge in [0, 0.05) is 12.5 Å². The first kappa shape index (κ1) is 14.3. The quantitative estimate of drug-likeness (QED) is 0.826. The average Bonchev–Trinajstić information content (AvgIpc) is 2.69. The summed E-state index contributed by atoms with van der Waals surface area (Å²) in [6.45, 7) is 2.22. The largest absolute Gasteiger partial charge is 0.355 e. The summed E-state index contributed by atoms with van der Waals surface area (Å²) in [5.74, 6) is -0.137. The molecule has 2 saturated heterocycles. The zero-order chi connectivity index (χ0) is 12.6. The van der Waals surface area contributed by atoms with E-state index in [4.69, 9.17) is 0 Å². The lowest BCUT2D eigenvalue weighted by Crippen LogP contribution is -2.44. The number of carbonyl (C=O) groups excluding carboxylic acids is 1. The van der Waals surface area contributed by atoms with Crippen LogP contribution in [0.15, 0.2) is 24.3 Å². The third-order valence-electron chi connectivity index (χ3n) is 4.36. The third-order valence-corrected chi connectivity index (χ3v) is 4.36. The second-order valence-electron chi connectivity index (χ2n) is 5.19. The summed E-state index contributed by atoms with van der Waals surface area (Å²) in [5, 5.41) is 6.19. The number of halogens is 2. The molecular weight excluding hydrogens is 267 g/mol. The Morgan fingerprint density at radius 2 is 1.89 bits per heavy atom. The van der Waals surface area contributed by atoms with Gasteiger partial charge in [0.05, 0.1) is 5.41 Å². The summed E-state index contributed by atoms with van der Waals surface area (Å²) in [4.78, 5) is 12.2. The molecule has 2 heterocycles. The standard InChI is InChI=1S/C14H17FN2O.ClH/c15-12-4-2-1-3-10(12)11-9-17-13(18)14(11)5-7-16-8-6-14;/h1-4,11,16H,5-9H2,(H,17,18);1H. The summed E-state index contributed by atoms with van der Waals surface area (Å²) in [6.07, 6.45) is 1.58. The Labute approximate surface area is 118 Å². The van der Waals surface area contributed by atoms with Crippen LogP contribution < -0.4 is 10.6 Å². The van der Waals surface area contributed by atoms with Gasteiger partial charge in [0.15, 0.2) is 0 Å². The number of nitrogens with one attached hydrogen (secondary N) is 2. The van der Waals surface area contributed by atoms with Crippen LogP contribution in [0.3, 0.4) is 0 Å². The Kier molecular flexibility index (Phi) is 4.11. The van der Waals surface area contributed by atoms with Gasteiger partial charge in [-0.1, -0.05) is 18.2 Å². The predicted molar refractivity (Wildman–Crippen MR) is 73.9 cm³/mol. The lowest BCUT2D eigenvalue weighted by molar-refractivity contribution is -0.129. The number of carbonyl (C=O) groups is 1. The van der Waals surface area contributed by atoms with E-state index in [9.17, 15) is 9.18 Å². The highest BCUT2D eigenvalue weighted by Gasteiger charge is 2.51. The smallest absolute Gasteiger partial charge is 0.227 e. The second kappa shape index (κ2) is 5.47. The van der Waals surface area contributed by atoms with Gasteiger partial charge in [0.2, 0.25) is 5.91 Å². The lowest BCUT2D eigenvalue weighted by Gasteiger charge is -2.36. The van der Waals surface area contributed by atoms with Crippen LogP contribution in [0.1, 0.15) is 24.3 Å². The Bertz CT molecular complexity index is 474. The normalized spacial score (nSPS) is 24.9. The van der Waals surface area contributed by atoms with E-state index in [1.54, 1.807) is 6.07 Å². The summed E-state index contributed by atoms with van der Waals surface area (Å²) >= 11 is 0. The molecule has 2 fully saturated rings. The maximum atomic E-state index is 14.0. The molecule has 2 aliphatic heterocycles. The van der Waals surface area contributed by atoms with Gasteiger partial charge >= 0.3 is 0 Å². The number of amides is 1. The summed E-state index contributed by atoms with van der Waals surface area (Å²) < 4.78 is 14.0. The van der Waals surface area contributed by atoms with Gasteiger partial charge in [-0.3, -0.25) is 4.79 Å². The molecule has 1 amide bonds. The zero-order valence-corrected chi connectivity index (χ0v) is 11.4. The van der Waals surface area contributed by atoms with E-state index in [-0.39, 0.29) is 30.0 Å². The van der Waals surface area contributed by atoms with E-state index in [1.807, 2.05) is 12.1 Å². The minimum absolute atomic E-state index is 0. The fourth-order valence-corrected chi connectivity index (χ4v) is 3.34. The van der Waals surface area contributed by atoms with Crippen LogP contribution in [0.5, 0.6) is 0 Å². The molecule has 0 saturated carbocycles. The highest BCUT2D eigenvalue weighted by molar-refractivity contribution is 5.86. The van der Waals surface area contributed by atoms with Crippen LogP contribution >= 0.6 is 12.4 Å². The van der Waals surface area contributed by atoms with E-state index >= 15 is 0 Å². The fraction of sp³-hybridized carbons (Fsp3) is 0.500. The Hall–Kier alpha value is -1.13. The highest BCUT2D eigenvalue weighted by atomic mass is 35.5. The molecule has 1 aromatic rings. The molecule has 5 heteroatoms. The van der Waals surface area contributed by atoms with E-state index in [1.165, 1.54) is 6.07 Å². The zero-order valence-electron chi connectivity index (χ0n) is 10.6. The Morgan fingerprint density at radius 3 is 2.58 bits per heavy atom. The van der Waals surface area contributed by atoms with Crippen LogP contribution in [0.25, 0.3) is 0 Å². The molecular formula is C14H18ClFN2O. The van der Waals surface area contributed by atoms with Crippen molar-refractivity contribution in [1.29, 1.82) is 0 Å². The van der Waals surface area contributed by atoms with Gasteiger partial charge in [0.25, 0.3) is 0 Å². The van der Waals surface area contributed by atoms with Crippen molar-refractivity contribution in [3.63, 3.8) is 0 Å². The van der Waals surface area contributed by atoms with E-state index < -0.39 is 5.41 Å². The van der Waals surface area contributed by atoms with Gasteiger partial charge in [0.1, 0.15) is 5.82 Å². The van der Waals surface area contributed by atoms with Crippen molar-refractivity contribution in [3.8, 4) is 0 Å². The van der Waals surface area contributed by atoms with Crippen molar-refractivity contribution in [1.82, 2.24) is 10.6 Å². The lowest BCUT2D eigenvalue weighted by atomic mass is 9.68. The number of hydrogen-bond donors (Lipinski definition) is 2. The van der Waals surface area contributed by atoms with Crippen LogP contribution in [0, 0.1) is 11.2 Å². The molecule has 0 radical (unpaired) electrons. The summed E-state index contributed by atoms with van der Waals surface area (Å²) in [6, 6.07) is 6.82. The average molecular weight is 285 g/mol. The van der Waals surface area contributed by atoms with Crippen LogP contribution in [0.2, 0.25) is 0 Å². The first-order valence-electron chi connectivity index (χ1n) is 6.47. The van der Waals surface area contributed by atoms with Gasteiger partial charge in [-0.2, -0.15) is 0 Å². The van der Waals surface area contributed by atoms with Gasteiger partial charge in [-0.15, -0.1) is 12.4 Å². The van der Waals surface area contributed by atoms with Crippen LogP contribution in [-0.2, 0) is 4.79 Å². The van der Waals surface area contributed by atoms with Crippen molar-refractivity contribution in [2.24, 2.45) is 5.41 Å². The Morgan fingerprint density at radius 1 is 1.21 bits per heavy atom. The molecule has 0 aromatic heterocycles. The molecule has 2 N–H and O–H groups in total. The van der Waals surface area contributed by atoms with E-state index in [0.717, 1.165) is 25.9 Å². The number of hydrogen-bond acceptors (Lipinski definition) is 2. The molecule has 2 aliphatic rings. The molecule has 0 bridgehead atoms. The van der Waals surface area contributed by atoms with Crippen molar-refractivity contribution in [3.05, 3.63) is 35.6 Å². The molecule has 1 spiro atoms. The van der Waals surface area contributed by atoms with Crippen molar-refractivity contribution >= 4 is 18.3 Å². The van der Waals surface area contributed by atoms with Crippen molar-refractivity contribution in [2.45, 2.75) is 18.8 Å². The molecule has 1 atom stereocenters. The minimum Gasteiger partial charge on any atom is -0.355 e. The number of piperidine rings is 1. The molecule has 104 valence electrons. The molecule has 1 aromatic carbocycles. The maximum absolute atomic E-state index is 14.0.